The van der Waals surface area contributed by atoms with Gasteiger partial charge in [-0.05, 0) is 19.3 Å². The highest BCUT2D eigenvalue weighted by Crippen LogP contribution is 2.29. The predicted octanol–water partition coefficient (Wildman–Crippen LogP) is 0.525. The van der Waals surface area contributed by atoms with Gasteiger partial charge in [-0.2, -0.15) is 15.4 Å². The van der Waals surface area contributed by atoms with Gasteiger partial charge in [0.05, 0.1) is 18.6 Å². The van der Waals surface area contributed by atoms with Crippen molar-refractivity contribution in [2.24, 2.45) is 0 Å². The molecule has 2 aromatic heterocycles. The molecule has 2 unspecified atom stereocenters. The van der Waals surface area contributed by atoms with Gasteiger partial charge in [-0.25, -0.2) is 4.98 Å². The van der Waals surface area contributed by atoms with Gasteiger partial charge in [0.15, 0.2) is 5.69 Å². The second-order valence-corrected chi connectivity index (χ2v) is 4.44. The van der Waals surface area contributed by atoms with E-state index in [0.29, 0.717) is 5.69 Å². The second-order valence-electron chi connectivity index (χ2n) is 4.44. The summed E-state index contributed by atoms with van der Waals surface area (Å²) in [5.41, 5.74) is 0.325. The number of rotatable bonds is 3. The SMILES string of the molecule is O=C(NC1CCCC1n1ccnc1)c1cn[nH]n1. The Hall–Kier alpha value is -2.18. The normalized spacial score (nSPS) is 23.1. The molecule has 0 spiro atoms. The van der Waals surface area contributed by atoms with Crippen molar-refractivity contribution < 1.29 is 4.79 Å². The number of hydrogen-bond donors (Lipinski definition) is 2. The second kappa shape index (κ2) is 4.59. The third kappa shape index (κ3) is 1.99. The number of H-pyrrole nitrogens is 1. The molecule has 1 amide bonds. The minimum atomic E-state index is -0.180. The summed E-state index contributed by atoms with van der Waals surface area (Å²) in [6.07, 6.45) is 10.1. The maximum Gasteiger partial charge on any atom is 0.273 e. The van der Waals surface area contributed by atoms with Crippen LogP contribution in [0.1, 0.15) is 35.8 Å². The Morgan fingerprint density at radius 2 is 2.44 bits per heavy atom. The van der Waals surface area contributed by atoms with Gasteiger partial charge >= 0.3 is 0 Å². The van der Waals surface area contributed by atoms with Gasteiger partial charge < -0.3 is 9.88 Å². The lowest BCUT2D eigenvalue weighted by Crippen LogP contribution is -2.38. The monoisotopic (exact) mass is 246 g/mol. The zero-order chi connectivity index (χ0) is 12.4. The van der Waals surface area contributed by atoms with Crippen LogP contribution in [0.25, 0.3) is 0 Å². The highest BCUT2D eigenvalue weighted by Gasteiger charge is 2.30. The smallest absolute Gasteiger partial charge is 0.273 e. The van der Waals surface area contributed by atoms with Gasteiger partial charge in [-0.3, -0.25) is 4.79 Å². The van der Waals surface area contributed by atoms with Crippen molar-refractivity contribution in [3.05, 3.63) is 30.6 Å². The van der Waals surface area contributed by atoms with E-state index in [1.165, 1.54) is 6.20 Å². The standard InChI is InChI=1S/C11H14N6O/c18-11(9-6-13-16-15-9)14-8-2-1-3-10(8)17-5-4-12-7-17/h4-8,10H,1-3H2,(H,14,18)(H,13,15,16). The molecular weight excluding hydrogens is 232 g/mol. The summed E-state index contributed by atoms with van der Waals surface area (Å²) < 4.78 is 2.06. The molecular formula is C11H14N6O. The van der Waals surface area contributed by atoms with Crippen molar-refractivity contribution in [2.75, 3.05) is 0 Å². The third-order valence-corrected chi connectivity index (χ3v) is 3.35. The highest BCUT2D eigenvalue weighted by molar-refractivity contribution is 5.92. The quantitative estimate of drug-likeness (QED) is 0.826. The van der Waals surface area contributed by atoms with Crippen LogP contribution in [0, 0.1) is 0 Å². The first-order valence-electron chi connectivity index (χ1n) is 5.98. The molecule has 2 aromatic rings. The van der Waals surface area contributed by atoms with E-state index in [-0.39, 0.29) is 18.0 Å². The topological polar surface area (TPSA) is 88.5 Å². The fraction of sp³-hybridized carbons (Fsp3) is 0.455. The lowest BCUT2D eigenvalue weighted by Gasteiger charge is -2.21. The van der Waals surface area contributed by atoms with E-state index < -0.39 is 0 Å². The number of nitrogens with one attached hydrogen (secondary N) is 2. The van der Waals surface area contributed by atoms with E-state index in [9.17, 15) is 4.79 Å². The van der Waals surface area contributed by atoms with Crippen LogP contribution in [0.3, 0.4) is 0 Å². The number of hydrogen-bond acceptors (Lipinski definition) is 4. The summed E-state index contributed by atoms with van der Waals surface area (Å²) >= 11 is 0. The maximum absolute atomic E-state index is 11.9. The molecule has 1 fully saturated rings. The summed E-state index contributed by atoms with van der Waals surface area (Å²) in [5, 5.41) is 12.9. The number of amides is 1. The van der Waals surface area contributed by atoms with Crippen molar-refractivity contribution in [2.45, 2.75) is 31.3 Å². The lowest BCUT2D eigenvalue weighted by atomic mass is 10.1. The zero-order valence-electron chi connectivity index (χ0n) is 9.78. The van der Waals surface area contributed by atoms with Crippen LogP contribution in [0.5, 0.6) is 0 Å². The minimum absolute atomic E-state index is 0.128. The first-order chi connectivity index (χ1) is 8.84. The van der Waals surface area contributed by atoms with Crippen LogP contribution in [0.15, 0.2) is 24.9 Å². The van der Waals surface area contributed by atoms with E-state index >= 15 is 0 Å². The maximum atomic E-state index is 11.9. The van der Waals surface area contributed by atoms with Gasteiger partial charge in [0.25, 0.3) is 5.91 Å². The Labute approximate surface area is 104 Å². The van der Waals surface area contributed by atoms with Crippen molar-refractivity contribution >= 4 is 5.91 Å². The molecule has 7 nitrogen and oxygen atoms in total. The van der Waals surface area contributed by atoms with Crippen LogP contribution in [-0.4, -0.2) is 36.9 Å². The molecule has 2 heterocycles. The summed E-state index contributed by atoms with van der Waals surface area (Å²) in [4.78, 5) is 16.0. The van der Waals surface area contributed by atoms with E-state index in [4.69, 9.17) is 0 Å². The van der Waals surface area contributed by atoms with Gasteiger partial charge in [0.1, 0.15) is 0 Å². The summed E-state index contributed by atoms with van der Waals surface area (Å²) in [6.45, 7) is 0. The van der Waals surface area contributed by atoms with E-state index in [0.717, 1.165) is 19.3 Å². The van der Waals surface area contributed by atoms with Gasteiger partial charge in [-0.1, -0.05) is 0 Å². The molecule has 2 N–H and O–H groups in total. The predicted molar refractivity (Wildman–Crippen MR) is 62.8 cm³/mol. The molecule has 18 heavy (non-hydrogen) atoms. The van der Waals surface area contributed by atoms with Crippen LogP contribution >= 0.6 is 0 Å². The van der Waals surface area contributed by atoms with Gasteiger partial charge in [-0.15, -0.1) is 0 Å². The molecule has 0 radical (unpaired) electrons. The van der Waals surface area contributed by atoms with Crippen molar-refractivity contribution in [1.29, 1.82) is 0 Å². The van der Waals surface area contributed by atoms with Crippen LogP contribution < -0.4 is 5.32 Å². The Kier molecular flexibility index (Phi) is 2.79. The molecule has 0 aromatic carbocycles. The van der Waals surface area contributed by atoms with Crippen molar-refractivity contribution in [3.63, 3.8) is 0 Å². The largest absolute Gasteiger partial charge is 0.346 e. The van der Waals surface area contributed by atoms with Crippen LogP contribution in [0.4, 0.5) is 0 Å². The van der Waals surface area contributed by atoms with Crippen molar-refractivity contribution in [3.8, 4) is 0 Å². The zero-order valence-corrected chi connectivity index (χ0v) is 9.78. The summed E-state index contributed by atoms with van der Waals surface area (Å²) in [6, 6.07) is 0.409. The Bertz CT molecular complexity index is 506. The number of carbonyl (C=O) groups is 1. The highest BCUT2D eigenvalue weighted by atomic mass is 16.2. The molecule has 0 aliphatic heterocycles. The molecule has 7 heteroatoms. The molecule has 1 aliphatic rings. The Morgan fingerprint density at radius 3 is 3.17 bits per heavy atom. The third-order valence-electron chi connectivity index (χ3n) is 3.35. The minimum Gasteiger partial charge on any atom is -0.346 e. The van der Waals surface area contributed by atoms with E-state index in [2.05, 4.69) is 30.3 Å². The summed E-state index contributed by atoms with van der Waals surface area (Å²) in [5.74, 6) is -0.180. The van der Waals surface area contributed by atoms with E-state index in [1.54, 1.807) is 12.5 Å². The average molecular weight is 246 g/mol. The van der Waals surface area contributed by atoms with Gasteiger partial charge in [0.2, 0.25) is 0 Å². The average Bonchev–Trinajstić information content (AvgIpc) is 3.11. The number of imidazole rings is 1. The molecule has 1 saturated carbocycles. The summed E-state index contributed by atoms with van der Waals surface area (Å²) in [7, 11) is 0. The molecule has 0 bridgehead atoms. The molecule has 2 atom stereocenters. The lowest BCUT2D eigenvalue weighted by molar-refractivity contribution is 0.0923. The number of aromatic nitrogens is 5. The van der Waals surface area contributed by atoms with E-state index in [1.807, 2.05) is 6.20 Å². The molecule has 1 aliphatic carbocycles. The number of nitrogens with zero attached hydrogens (tertiary/aromatic N) is 4. The van der Waals surface area contributed by atoms with Crippen LogP contribution in [0.2, 0.25) is 0 Å². The first-order valence-corrected chi connectivity index (χ1v) is 5.98. The Balaban J connectivity index is 1.70. The number of aromatic amines is 1. The molecule has 3 rings (SSSR count). The van der Waals surface area contributed by atoms with Crippen molar-refractivity contribution in [1.82, 2.24) is 30.3 Å². The molecule has 94 valence electrons. The fourth-order valence-corrected chi connectivity index (χ4v) is 2.48. The molecule has 0 saturated heterocycles. The number of carbonyl (C=O) groups excluding carboxylic acids is 1. The van der Waals surface area contributed by atoms with Crippen LogP contribution in [-0.2, 0) is 0 Å². The fourth-order valence-electron chi connectivity index (χ4n) is 2.48. The first kappa shape index (κ1) is 10.9. The Morgan fingerprint density at radius 1 is 1.50 bits per heavy atom. The van der Waals surface area contributed by atoms with Gasteiger partial charge in [0, 0.05) is 18.4 Å².